The van der Waals surface area contributed by atoms with Crippen molar-refractivity contribution in [2.75, 3.05) is 26.2 Å². The van der Waals surface area contributed by atoms with Crippen LogP contribution >= 0.6 is 0 Å². The molecular formula is C14H24N2. The minimum atomic E-state index is 0.704. The maximum absolute atomic E-state index is 3.24. The molecule has 0 aromatic carbocycles. The van der Waals surface area contributed by atoms with Crippen LogP contribution in [0, 0.1) is 17.8 Å². The number of piperazine rings is 1. The van der Waals surface area contributed by atoms with Crippen molar-refractivity contribution in [3.05, 3.63) is 0 Å². The van der Waals surface area contributed by atoms with Crippen molar-refractivity contribution >= 4 is 0 Å². The highest BCUT2D eigenvalue weighted by Gasteiger charge is 2.36. The van der Waals surface area contributed by atoms with Gasteiger partial charge in [0.05, 0.1) is 6.54 Å². The molecule has 0 aromatic heterocycles. The Morgan fingerprint density at radius 2 is 2.12 bits per heavy atom. The van der Waals surface area contributed by atoms with E-state index in [2.05, 4.69) is 35.5 Å². The van der Waals surface area contributed by atoms with Crippen molar-refractivity contribution in [1.29, 1.82) is 0 Å². The molecule has 2 nitrogen and oxygen atoms in total. The molecule has 0 N–H and O–H groups in total. The molecule has 0 spiro atoms. The van der Waals surface area contributed by atoms with Gasteiger partial charge < -0.3 is 0 Å². The van der Waals surface area contributed by atoms with E-state index in [1.807, 2.05) is 6.92 Å². The molecular weight excluding hydrogens is 196 g/mol. The lowest BCUT2D eigenvalue weighted by molar-refractivity contribution is 0.0390. The lowest BCUT2D eigenvalue weighted by Gasteiger charge is -2.44. The fourth-order valence-corrected chi connectivity index (χ4v) is 3.10. The lowest BCUT2D eigenvalue weighted by atomic mass is 9.97. The molecule has 2 heterocycles. The summed E-state index contributed by atoms with van der Waals surface area (Å²) >= 11 is 0. The first kappa shape index (κ1) is 12.0. The van der Waals surface area contributed by atoms with Crippen molar-refractivity contribution in [3.63, 3.8) is 0 Å². The number of nitrogens with zero attached hydrogens (tertiary/aromatic N) is 2. The molecule has 2 heteroatoms. The summed E-state index contributed by atoms with van der Waals surface area (Å²) < 4.78 is 0. The average Bonchev–Trinajstić information content (AvgIpc) is 2.71. The largest absolute Gasteiger partial charge is 0.298 e. The van der Waals surface area contributed by atoms with Gasteiger partial charge in [0.1, 0.15) is 0 Å². The number of hydrogen-bond donors (Lipinski definition) is 0. The van der Waals surface area contributed by atoms with Crippen LogP contribution in [-0.2, 0) is 0 Å². The van der Waals surface area contributed by atoms with Crippen LogP contribution in [0.1, 0.15) is 33.6 Å². The van der Waals surface area contributed by atoms with E-state index in [-0.39, 0.29) is 0 Å². The average molecular weight is 220 g/mol. The lowest BCUT2D eigenvalue weighted by Crippen LogP contribution is -2.57. The minimum Gasteiger partial charge on any atom is -0.298 e. The smallest absolute Gasteiger partial charge is 0.0604 e. The summed E-state index contributed by atoms with van der Waals surface area (Å²) in [5, 5.41) is 0. The van der Waals surface area contributed by atoms with Crippen molar-refractivity contribution in [3.8, 4) is 11.8 Å². The van der Waals surface area contributed by atoms with Crippen LogP contribution in [-0.4, -0.2) is 48.1 Å². The predicted molar refractivity (Wildman–Crippen MR) is 68.2 cm³/mol. The summed E-state index contributed by atoms with van der Waals surface area (Å²) in [6.07, 6.45) is 2.78. The Labute approximate surface area is 100.0 Å². The van der Waals surface area contributed by atoms with Crippen molar-refractivity contribution < 1.29 is 0 Å². The highest BCUT2D eigenvalue weighted by molar-refractivity contribution is 5.02. The number of rotatable bonds is 2. The molecule has 2 aliphatic rings. The van der Waals surface area contributed by atoms with Crippen LogP contribution in [0.25, 0.3) is 0 Å². The van der Waals surface area contributed by atoms with Gasteiger partial charge in [-0.05, 0) is 32.2 Å². The monoisotopic (exact) mass is 220 g/mol. The third-order valence-electron chi connectivity index (χ3n) is 4.06. The summed E-state index contributed by atoms with van der Waals surface area (Å²) in [7, 11) is 0. The van der Waals surface area contributed by atoms with Crippen LogP contribution in [0.5, 0.6) is 0 Å². The van der Waals surface area contributed by atoms with Crippen LogP contribution in [0.3, 0.4) is 0 Å². The first-order valence-electron chi connectivity index (χ1n) is 6.60. The van der Waals surface area contributed by atoms with Crippen LogP contribution in [0.15, 0.2) is 0 Å². The second-order valence-electron chi connectivity index (χ2n) is 5.46. The number of hydrogen-bond acceptors (Lipinski definition) is 2. The van der Waals surface area contributed by atoms with Gasteiger partial charge >= 0.3 is 0 Å². The molecule has 2 aliphatic heterocycles. The summed E-state index contributed by atoms with van der Waals surface area (Å²) in [5.41, 5.74) is 0. The van der Waals surface area contributed by atoms with Gasteiger partial charge in [0, 0.05) is 25.2 Å². The molecule has 0 aliphatic carbocycles. The van der Waals surface area contributed by atoms with E-state index in [1.165, 1.54) is 32.5 Å². The third-order valence-corrected chi connectivity index (χ3v) is 4.06. The summed E-state index contributed by atoms with van der Waals surface area (Å²) in [6.45, 7) is 11.4. The third kappa shape index (κ3) is 2.42. The minimum absolute atomic E-state index is 0.704. The van der Waals surface area contributed by atoms with E-state index in [4.69, 9.17) is 0 Å². The second kappa shape index (κ2) is 5.21. The molecule has 90 valence electrons. The Morgan fingerprint density at radius 3 is 2.81 bits per heavy atom. The first-order valence-corrected chi connectivity index (χ1v) is 6.60. The highest BCUT2D eigenvalue weighted by atomic mass is 15.3. The van der Waals surface area contributed by atoms with E-state index in [0.717, 1.165) is 18.5 Å². The summed E-state index contributed by atoms with van der Waals surface area (Å²) in [4.78, 5) is 5.30. The predicted octanol–water partition coefficient (Wildman–Crippen LogP) is 1.81. The Balaban J connectivity index is 2.03. The van der Waals surface area contributed by atoms with Gasteiger partial charge in [0.2, 0.25) is 0 Å². The maximum atomic E-state index is 3.24. The van der Waals surface area contributed by atoms with Crippen LogP contribution in [0.2, 0.25) is 0 Å². The van der Waals surface area contributed by atoms with Gasteiger partial charge in [-0.2, -0.15) is 0 Å². The van der Waals surface area contributed by atoms with Gasteiger partial charge in [-0.25, -0.2) is 0 Å². The molecule has 0 amide bonds. The van der Waals surface area contributed by atoms with E-state index in [1.54, 1.807) is 0 Å². The Morgan fingerprint density at radius 1 is 1.31 bits per heavy atom. The zero-order valence-electron chi connectivity index (χ0n) is 10.9. The quantitative estimate of drug-likeness (QED) is 0.655. The molecule has 2 fully saturated rings. The SMILES string of the molecule is CC#CCN1CC2CCCN2CC1C(C)C. The maximum Gasteiger partial charge on any atom is 0.0604 e. The van der Waals surface area contributed by atoms with Crippen LogP contribution < -0.4 is 0 Å². The van der Waals surface area contributed by atoms with Gasteiger partial charge in [-0.15, -0.1) is 5.92 Å². The van der Waals surface area contributed by atoms with E-state index in [0.29, 0.717) is 6.04 Å². The molecule has 16 heavy (non-hydrogen) atoms. The first-order chi connectivity index (χ1) is 7.72. The Bertz CT molecular complexity index is 287. The van der Waals surface area contributed by atoms with Crippen molar-refractivity contribution in [1.82, 2.24) is 9.80 Å². The van der Waals surface area contributed by atoms with Gasteiger partial charge in [-0.1, -0.05) is 19.8 Å². The molecule has 2 rings (SSSR count). The normalized spacial score (nSPS) is 31.2. The van der Waals surface area contributed by atoms with Crippen LogP contribution in [0.4, 0.5) is 0 Å². The molecule has 0 aromatic rings. The second-order valence-corrected chi connectivity index (χ2v) is 5.46. The molecule has 0 bridgehead atoms. The zero-order chi connectivity index (χ0) is 11.5. The molecule has 0 radical (unpaired) electrons. The summed E-state index contributed by atoms with van der Waals surface area (Å²) in [6, 6.07) is 1.52. The Hall–Kier alpha value is -0.520. The summed E-state index contributed by atoms with van der Waals surface area (Å²) in [5.74, 6) is 7.01. The van der Waals surface area contributed by atoms with E-state index >= 15 is 0 Å². The van der Waals surface area contributed by atoms with Gasteiger partial charge in [-0.3, -0.25) is 9.80 Å². The standard InChI is InChI=1S/C14H24N2/c1-4-5-8-16-10-13-7-6-9-15(13)11-14(16)12(2)3/h12-14H,6-11H2,1-3H3. The fourth-order valence-electron chi connectivity index (χ4n) is 3.10. The van der Waals surface area contributed by atoms with Gasteiger partial charge in [0.25, 0.3) is 0 Å². The molecule has 2 unspecified atom stereocenters. The Kier molecular flexibility index (Phi) is 3.89. The molecule has 2 saturated heterocycles. The fraction of sp³-hybridized carbons (Fsp3) is 0.857. The van der Waals surface area contributed by atoms with E-state index < -0.39 is 0 Å². The molecule has 2 atom stereocenters. The topological polar surface area (TPSA) is 6.48 Å². The zero-order valence-corrected chi connectivity index (χ0v) is 10.9. The van der Waals surface area contributed by atoms with Crippen molar-refractivity contribution in [2.45, 2.75) is 45.7 Å². The van der Waals surface area contributed by atoms with Crippen molar-refractivity contribution in [2.24, 2.45) is 5.92 Å². The highest BCUT2D eigenvalue weighted by Crippen LogP contribution is 2.27. The molecule has 0 saturated carbocycles. The number of fused-ring (bicyclic) bond motifs is 1. The van der Waals surface area contributed by atoms with Gasteiger partial charge in [0.15, 0.2) is 0 Å². The van der Waals surface area contributed by atoms with E-state index in [9.17, 15) is 0 Å².